The number of anilines is 1. The van der Waals surface area contributed by atoms with Crippen LogP contribution in [0.4, 0.5) is 5.95 Å². The number of nitrogens with zero attached hydrogens (tertiary/aromatic N) is 3. The fraction of sp³-hybridized carbons (Fsp3) is 0.533. The van der Waals surface area contributed by atoms with E-state index in [-0.39, 0.29) is 5.54 Å². The summed E-state index contributed by atoms with van der Waals surface area (Å²) in [5.41, 5.74) is 3.94. The van der Waals surface area contributed by atoms with Crippen LogP contribution in [0.1, 0.15) is 31.7 Å². The largest absolute Gasteiger partial charge is 0.348 e. The molecule has 1 aliphatic rings. The fourth-order valence-corrected chi connectivity index (χ4v) is 2.92. The minimum atomic E-state index is 0.252. The predicted octanol–water partition coefficient (Wildman–Crippen LogP) is 3.31. The molecule has 1 heterocycles. The first kappa shape index (κ1) is 11.6. The number of hydrogen-bond donors (Lipinski definition) is 0. The Morgan fingerprint density at radius 2 is 2.00 bits per heavy atom. The molecule has 1 aromatic carbocycles. The lowest BCUT2D eigenvalue weighted by atomic mass is 9.78. The number of imidazole rings is 1. The Bertz CT molecular complexity index is 591. The van der Waals surface area contributed by atoms with Crippen molar-refractivity contribution in [2.45, 2.75) is 38.6 Å². The number of hydrogen-bond acceptors (Lipinski definition) is 2. The maximum absolute atomic E-state index is 4.79. The van der Waals surface area contributed by atoms with Crippen molar-refractivity contribution < 1.29 is 0 Å². The van der Waals surface area contributed by atoms with Crippen LogP contribution in [0, 0.1) is 6.92 Å². The molecule has 0 atom stereocenters. The van der Waals surface area contributed by atoms with E-state index in [0.29, 0.717) is 0 Å². The van der Waals surface area contributed by atoms with Crippen molar-refractivity contribution >= 4 is 17.0 Å². The lowest BCUT2D eigenvalue weighted by Gasteiger charge is -2.41. The van der Waals surface area contributed by atoms with Gasteiger partial charge in [0.1, 0.15) is 0 Å². The Kier molecular flexibility index (Phi) is 2.40. The van der Waals surface area contributed by atoms with Crippen molar-refractivity contribution in [3.05, 3.63) is 23.8 Å². The molecule has 18 heavy (non-hydrogen) atoms. The van der Waals surface area contributed by atoms with E-state index in [0.717, 1.165) is 11.5 Å². The minimum absolute atomic E-state index is 0.252. The van der Waals surface area contributed by atoms with Gasteiger partial charge in [0.25, 0.3) is 0 Å². The molecular formula is C15H21N3. The highest BCUT2D eigenvalue weighted by molar-refractivity contribution is 5.80. The van der Waals surface area contributed by atoms with Crippen LogP contribution >= 0.6 is 0 Å². The van der Waals surface area contributed by atoms with Crippen LogP contribution in [0.2, 0.25) is 0 Å². The quantitative estimate of drug-likeness (QED) is 0.807. The highest BCUT2D eigenvalue weighted by Crippen LogP contribution is 2.43. The van der Waals surface area contributed by atoms with Crippen LogP contribution in [-0.4, -0.2) is 23.6 Å². The molecule has 96 valence electrons. The van der Waals surface area contributed by atoms with Crippen molar-refractivity contribution in [1.82, 2.24) is 9.55 Å². The Hall–Kier alpha value is -1.51. The summed E-state index contributed by atoms with van der Waals surface area (Å²) in [6.45, 7) is 4.50. The summed E-state index contributed by atoms with van der Waals surface area (Å²) in [5.74, 6) is 1.08. The Morgan fingerprint density at radius 3 is 2.56 bits per heavy atom. The van der Waals surface area contributed by atoms with E-state index < -0.39 is 0 Å². The van der Waals surface area contributed by atoms with Crippen molar-refractivity contribution in [2.24, 2.45) is 0 Å². The second-order valence-corrected chi connectivity index (χ2v) is 5.98. The third kappa shape index (κ3) is 1.53. The summed E-state index contributed by atoms with van der Waals surface area (Å²) in [6, 6.07) is 6.54. The van der Waals surface area contributed by atoms with Gasteiger partial charge in [-0.3, -0.25) is 0 Å². The maximum Gasteiger partial charge on any atom is 0.206 e. The van der Waals surface area contributed by atoms with Crippen LogP contribution in [-0.2, 0) is 5.54 Å². The first-order valence-electron chi connectivity index (χ1n) is 6.68. The first-order chi connectivity index (χ1) is 8.51. The van der Waals surface area contributed by atoms with Gasteiger partial charge < -0.3 is 9.47 Å². The van der Waals surface area contributed by atoms with E-state index in [1.54, 1.807) is 0 Å². The molecular weight excluding hydrogens is 222 g/mol. The summed E-state index contributed by atoms with van der Waals surface area (Å²) >= 11 is 0. The van der Waals surface area contributed by atoms with E-state index in [1.807, 2.05) is 0 Å². The molecule has 0 radical (unpaired) electrons. The topological polar surface area (TPSA) is 21.1 Å². The summed E-state index contributed by atoms with van der Waals surface area (Å²) in [5, 5.41) is 0. The zero-order valence-corrected chi connectivity index (χ0v) is 11.7. The highest BCUT2D eigenvalue weighted by atomic mass is 15.3. The lowest BCUT2D eigenvalue weighted by molar-refractivity contribution is 0.176. The normalized spacial score (nSPS) is 17.8. The molecule has 0 unspecified atom stereocenters. The van der Waals surface area contributed by atoms with Crippen LogP contribution in [0.3, 0.4) is 0 Å². The van der Waals surface area contributed by atoms with Crippen LogP contribution < -0.4 is 4.90 Å². The zero-order chi connectivity index (χ0) is 12.9. The molecule has 1 fully saturated rings. The van der Waals surface area contributed by atoms with Crippen LogP contribution in [0.15, 0.2) is 18.2 Å². The molecule has 0 N–H and O–H groups in total. The first-order valence-corrected chi connectivity index (χ1v) is 6.68. The van der Waals surface area contributed by atoms with Crippen LogP contribution in [0.5, 0.6) is 0 Å². The van der Waals surface area contributed by atoms with E-state index in [2.05, 4.69) is 55.6 Å². The highest BCUT2D eigenvalue weighted by Gasteiger charge is 2.37. The van der Waals surface area contributed by atoms with Crippen LogP contribution in [0.25, 0.3) is 11.0 Å². The van der Waals surface area contributed by atoms with Gasteiger partial charge in [-0.1, -0.05) is 6.07 Å². The van der Waals surface area contributed by atoms with E-state index in [1.165, 1.54) is 30.3 Å². The molecule has 0 bridgehead atoms. The van der Waals surface area contributed by atoms with E-state index in [4.69, 9.17) is 4.98 Å². The van der Waals surface area contributed by atoms with Gasteiger partial charge in [-0.15, -0.1) is 0 Å². The summed E-state index contributed by atoms with van der Waals surface area (Å²) in [4.78, 5) is 6.91. The number of aryl methyl sites for hydroxylation is 1. The molecule has 3 rings (SSSR count). The van der Waals surface area contributed by atoms with Gasteiger partial charge >= 0.3 is 0 Å². The number of benzene rings is 1. The lowest BCUT2D eigenvalue weighted by Crippen LogP contribution is -2.38. The monoisotopic (exact) mass is 243 g/mol. The second kappa shape index (κ2) is 3.74. The van der Waals surface area contributed by atoms with Crippen molar-refractivity contribution in [3.8, 4) is 0 Å². The smallest absolute Gasteiger partial charge is 0.206 e. The van der Waals surface area contributed by atoms with E-state index in [9.17, 15) is 0 Å². The SMILES string of the molecule is Cc1ccc2nc(N(C)C)n(C3(C)CCC3)c2c1. The Morgan fingerprint density at radius 1 is 1.28 bits per heavy atom. The minimum Gasteiger partial charge on any atom is -0.348 e. The molecule has 0 spiro atoms. The van der Waals surface area contributed by atoms with Gasteiger partial charge in [0.05, 0.1) is 11.0 Å². The van der Waals surface area contributed by atoms with Gasteiger partial charge in [0.15, 0.2) is 0 Å². The molecule has 1 saturated carbocycles. The van der Waals surface area contributed by atoms with Crippen molar-refractivity contribution in [2.75, 3.05) is 19.0 Å². The molecule has 0 saturated heterocycles. The van der Waals surface area contributed by atoms with Gasteiger partial charge in [-0.25, -0.2) is 4.98 Å². The van der Waals surface area contributed by atoms with Crippen molar-refractivity contribution in [3.63, 3.8) is 0 Å². The molecule has 1 aliphatic carbocycles. The van der Waals surface area contributed by atoms with Crippen molar-refractivity contribution in [1.29, 1.82) is 0 Å². The Labute approximate surface area is 108 Å². The summed E-state index contributed by atoms with van der Waals surface area (Å²) < 4.78 is 2.44. The standard InChI is InChI=1S/C15H21N3/c1-11-6-7-12-13(10-11)18(14(16-12)17(3)4)15(2)8-5-9-15/h6-7,10H,5,8-9H2,1-4H3. The number of aromatic nitrogens is 2. The molecule has 3 heteroatoms. The van der Waals surface area contributed by atoms with Gasteiger partial charge in [0.2, 0.25) is 5.95 Å². The molecule has 0 aliphatic heterocycles. The zero-order valence-electron chi connectivity index (χ0n) is 11.7. The predicted molar refractivity (Wildman–Crippen MR) is 76.3 cm³/mol. The van der Waals surface area contributed by atoms with E-state index >= 15 is 0 Å². The van der Waals surface area contributed by atoms with Gasteiger partial charge in [0, 0.05) is 19.6 Å². The molecule has 0 amide bonds. The second-order valence-electron chi connectivity index (χ2n) is 5.98. The summed E-state index contributed by atoms with van der Waals surface area (Å²) in [6.07, 6.45) is 3.84. The average Bonchev–Trinajstić information content (AvgIpc) is 2.65. The summed E-state index contributed by atoms with van der Waals surface area (Å²) in [7, 11) is 4.15. The Balaban J connectivity index is 2.30. The molecule has 2 aromatic rings. The molecule has 1 aromatic heterocycles. The third-order valence-corrected chi connectivity index (χ3v) is 4.16. The average molecular weight is 243 g/mol. The fourth-order valence-electron chi connectivity index (χ4n) is 2.92. The number of fused-ring (bicyclic) bond motifs is 1. The number of rotatable bonds is 2. The maximum atomic E-state index is 4.79. The molecule has 3 nitrogen and oxygen atoms in total. The van der Waals surface area contributed by atoms with Gasteiger partial charge in [-0.2, -0.15) is 0 Å². The van der Waals surface area contributed by atoms with Gasteiger partial charge in [-0.05, 0) is 50.8 Å². The third-order valence-electron chi connectivity index (χ3n) is 4.16.